The van der Waals surface area contributed by atoms with Gasteiger partial charge in [-0.25, -0.2) is 4.39 Å². The average Bonchev–Trinajstić information content (AvgIpc) is 2.58. The van der Waals surface area contributed by atoms with Crippen molar-refractivity contribution >= 4 is 11.6 Å². The minimum atomic E-state index is -0.248. The molecule has 1 amide bonds. The van der Waals surface area contributed by atoms with Gasteiger partial charge in [-0.05, 0) is 42.5 Å². The fourth-order valence-electron chi connectivity index (χ4n) is 3.92. The van der Waals surface area contributed by atoms with Crippen LogP contribution in [-0.4, -0.2) is 12.5 Å². The Hall–Kier alpha value is -1.42. The Balaban J connectivity index is 1.63. The van der Waals surface area contributed by atoms with E-state index in [0.29, 0.717) is 24.6 Å². The molecule has 1 heterocycles. The van der Waals surface area contributed by atoms with E-state index in [1.54, 1.807) is 6.07 Å². The lowest BCUT2D eigenvalue weighted by atomic mass is 9.83. The first-order valence-electron chi connectivity index (χ1n) is 8.97. The van der Waals surface area contributed by atoms with E-state index in [4.69, 9.17) is 0 Å². The molecule has 3 rings (SSSR count). The second kappa shape index (κ2) is 7.43. The lowest BCUT2D eigenvalue weighted by Gasteiger charge is -2.24. The Morgan fingerprint density at radius 2 is 2.13 bits per heavy atom. The molecule has 0 spiro atoms. The predicted octanol–water partition coefficient (Wildman–Crippen LogP) is 4.02. The molecule has 4 heteroatoms. The number of hydrogen-bond acceptors (Lipinski definition) is 2. The van der Waals surface area contributed by atoms with Crippen LogP contribution >= 0.6 is 0 Å². The van der Waals surface area contributed by atoms with E-state index >= 15 is 0 Å². The first-order chi connectivity index (χ1) is 11.1. The van der Waals surface area contributed by atoms with Gasteiger partial charge in [-0.2, -0.15) is 0 Å². The van der Waals surface area contributed by atoms with E-state index in [1.165, 1.54) is 32.1 Å². The normalized spacial score (nSPS) is 19.9. The zero-order valence-corrected chi connectivity index (χ0v) is 14.0. The van der Waals surface area contributed by atoms with Gasteiger partial charge in [0, 0.05) is 12.5 Å². The second-order valence-electron chi connectivity index (χ2n) is 7.12. The SMILES string of the molecule is CC(CC1CCCCC1)C(=O)Nc1ccc2c(c1F)CCNC2. The van der Waals surface area contributed by atoms with E-state index < -0.39 is 0 Å². The van der Waals surface area contributed by atoms with E-state index in [2.05, 4.69) is 10.6 Å². The summed E-state index contributed by atoms with van der Waals surface area (Å²) in [5.74, 6) is 0.296. The topological polar surface area (TPSA) is 41.1 Å². The van der Waals surface area contributed by atoms with Crippen molar-refractivity contribution in [2.45, 2.75) is 58.4 Å². The van der Waals surface area contributed by atoms with Crippen molar-refractivity contribution < 1.29 is 9.18 Å². The second-order valence-corrected chi connectivity index (χ2v) is 7.12. The number of carbonyl (C=O) groups excluding carboxylic acids is 1. The number of rotatable bonds is 4. The van der Waals surface area contributed by atoms with Crippen LogP contribution in [0.5, 0.6) is 0 Å². The Morgan fingerprint density at radius 3 is 2.91 bits per heavy atom. The van der Waals surface area contributed by atoms with E-state index in [-0.39, 0.29) is 17.6 Å². The summed E-state index contributed by atoms with van der Waals surface area (Å²) in [6, 6.07) is 3.62. The molecule has 3 nitrogen and oxygen atoms in total. The summed E-state index contributed by atoms with van der Waals surface area (Å²) in [6.45, 7) is 3.46. The molecule has 0 aromatic heterocycles. The maximum absolute atomic E-state index is 14.6. The molecule has 1 atom stereocenters. The van der Waals surface area contributed by atoms with Crippen LogP contribution < -0.4 is 10.6 Å². The number of amides is 1. The van der Waals surface area contributed by atoms with Crippen molar-refractivity contribution in [2.75, 3.05) is 11.9 Å². The van der Waals surface area contributed by atoms with Gasteiger partial charge in [0.25, 0.3) is 0 Å². The van der Waals surface area contributed by atoms with Crippen molar-refractivity contribution in [3.8, 4) is 0 Å². The summed E-state index contributed by atoms with van der Waals surface area (Å²) in [5, 5.41) is 6.05. The maximum atomic E-state index is 14.6. The Labute approximate surface area is 138 Å². The van der Waals surface area contributed by atoms with Crippen molar-refractivity contribution in [2.24, 2.45) is 11.8 Å². The fraction of sp³-hybridized carbons (Fsp3) is 0.632. The molecule has 23 heavy (non-hydrogen) atoms. The molecule has 1 unspecified atom stereocenters. The number of carbonyl (C=O) groups is 1. The van der Waals surface area contributed by atoms with Crippen molar-refractivity contribution in [1.29, 1.82) is 0 Å². The highest BCUT2D eigenvalue weighted by molar-refractivity contribution is 5.92. The smallest absolute Gasteiger partial charge is 0.227 e. The number of fused-ring (bicyclic) bond motifs is 1. The number of halogens is 1. The van der Waals surface area contributed by atoms with Crippen LogP contribution in [0.25, 0.3) is 0 Å². The molecule has 1 saturated carbocycles. The number of benzene rings is 1. The zero-order valence-electron chi connectivity index (χ0n) is 14.0. The van der Waals surface area contributed by atoms with E-state index in [9.17, 15) is 9.18 Å². The molecule has 126 valence electrons. The number of anilines is 1. The third kappa shape index (κ3) is 3.92. The van der Waals surface area contributed by atoms with Gasteiger partial charge in [-0.15, -0.1) is 0 Å². The van der Waals surface area contributed by atoms with Gasteiger partial charge in [0.1, 0.15) is 5.82 Å². The van der Waals surface area contributed by atoms with Crippen molar-refractivity contribution in [3.05, 3.63) is 29.1 Å². The van der Waals surface area contributed by atoms with Crippen LogP contribution in [0, 0.1) is 17.7 Å². The highest BCUT2D eigenvalue weighted by Gasteiger charge is 2.23. The average molecular weight is 318 g/mol. The minimum Gasteiger partial charge on any atom is -0.323 e. The Bertz CT molecular complexity index is 567. The summed E-state index contributed by atoms with van der Waals surface area (Å²) in [4.78, 5) is 12.4. The van der Waals surface area contributed by atoms with Gasteiger partial charge in [-0.3, -0.25) is 4.79 Å². The molecular weight excluding hydrogens is 291 g/mol. The standard InChI is InChI=1S/C19H27FN2O/c1-13(11-14-5-3-2-4-6-14)19(23)22-17-8-7-15-12-21-10-9-16(15)18(17)20/h7-8,13-14,21H,2-6,9-12H2,1H3,(H,22,23). The van der Waals surface area contributed by atoms with Gasteiger partial charge >= 0.3 is 0 Å². The lowest BCUT2D eigenvalue weighted by Crippen LogP contribution is -2.27. The van der Waals surface area contributed by atoms with Crippen LogP contribution in [-0.2, 0) is 17.8 Å². The van der Waals surface area contributed by atoms with Crippen molar-refractivity contribution in [3.63, 3.8) is 0 Å². The summed E-state index contributed by atoms with van der Waals surface area (Å²) in [5.41, 5.74) is 2.09. The molecule has 1 fully saturated rings. The Morgan fingerprint density at radius 1 is 1.35 bits per heavy atom. The zero-order chi connectivity index (χ0) is 16.2. The molecule has 2 N–H and O–H groups in total. The first-order valence-corrected chi connectivity index (χ1v) is 8.97. The van der Waals surface area contributed by atoms with Crippen molar-refractivity contribution in [1.82, 2.24) is 5.32 Å². The third-order valence-electron chi connectivity index (χ3n) is 5.32. The maximum Gasteiger partial charge on any atom is 0.227 e. The van der Waals surface area contributed by atoms with E-state index in [0.717, 1.165) is 24.1 Å². The number of nitrogens with one attached hydrogen (secondary N) is 2. The predicted molar refractivity (Wildman–Crippen MR) is 90.8 cm³/mol. The summed E-state index contributed by atoms with van der Waals surface area (Å²) in [6.07, 6.45) is 7.96. The highest BCUT2D eigenvalue weighted by Crippen LogP contribution is 2.30. The molecule has 1 aromatic rings. The van der Waals surface area contributed by atoms with Gasteiger partial charge in [0.2, 0.25) is 5.91 Å². The van der Waals surface area contributed by atoms with Crippen LogP contribution in [0.3, 0.4) is 0 Å². The van der Waals surface area contributed by atoms with Gasteiger partial charge in [-0.1, -0.05) is 45.1 Å². The minimum absolute atomic E-state index is 0.0524. The Kier molecular flexibility index (Phi) is 5.31. The van der Waals surface area contributed by atoms with Crippen LogP contribution in [0.2, 0.25) is 0 Å². The first kappa shape index (κ1) is 16.4. The molecule has 2 aliphatic rings. The summed E-state index contributed by atoms with van der Waals surface area (Å²) >= 11 is 0. The van der Waals surface area contributed by atoms with Gasteiger partial charge < -0.3 is 10.6 Å². The lowest BCUT2D eigenvalue weighted by molar-refractivity contribution is -0.120. The van der Waals surface area contributed by atoms with E-state index in [1.807, 2.05) is 13.0 Å². The molecule has 0 radical (unpaired) electrons. The van der Waals surface area contributed by atoms with Gasteiger partial charge in [0.05, 0.1) is 5.69 Å². The molecule has 1 aliphatic heterocycles. The summed E-state index contributed by atoms with van der Waals surface area (Å²) < 4.78 is 14.6. The van der Waals surface area contributed by atoms with Crippen LogP contribution in [0.1, 0.15) is 56.6 Å². The third-order valence-corrected chi connectivity index (χ3v) is 5.32. The van der Waals surface area contributed by atoms with Gasteiger partial charge in [0.15, 0.2) is 0 Å². The number of hydrogen-bond donors (Lipinski definition) is 2. The van der Waals surface area contributed by atoms with Crippen LogP contribution in [0.4, 0.5) is 10.1 Å². The largest absolute Gasteiger partial charge is 0.323 e. The molecule has 1 aromatic carbocycles. The quantitative estimate of drug-likeness (QED) is 0.880. The fourth-order valence-corrected chi connectivity index (χ4v) is 3.92. The highest BCUT2D eigenvalue weighted by atomic mass is 19.1. The molecular formula is C19H27FN2O. The van der Waals surface area contributed by atoms with Crippen LogP contribution in [0.15, 0.2) is 12.1 Å². The summed E-state index contributed by atoms with van der Waals surface area (Å²) in [7, 11) is 0. The molecule has 0 bridgehead atoms. The monoisotopic (exact) mass is 318 g/mol. The molecule has 0 saturated heterocycles. The molecule has 1 aliphatic carbocycles.